The molecule has 0 aromatic heterocycles. The van der Waals surface area contributed by atoms with Gasteiger partial charge in [-0.1, -0.05) is 0 Å². The van der Waals surface area contributed by atoms with Gasteiger partial charge < -0.3 is 15.2 Å². The van der Waals surface area contributed by atoms with Crippen molar-refractivity contribution in [1.82, 2.24) is 5.43 Å². The molecule has 1 rings (SSSR count). The Hall–Kier alpha value is -1.84. The molecule has 0 saturated carbocycles. The van der Waals surface area contributed by atoms with E-state index in [9.17, 15) is 9.59 Å². The molecule has 0 fully saturated rings. The smallest absolute Gasteiger partial charge is 0.332 e. The summed E-state index contributed by atoms with van der Waals surface area (Å²) < 4.78 is 10.9. The molecule has 0 radical (unpaired) electrons. The quantitative estimate of drug-likeness (QED) is 0.271. The number of esters is 1. The monoisotopic (exact) mass is 377 g/mol. The van der Waals surface area contributed by atoms with Gasteiger partial charge in [0, 0.05) is 6.92 Å². The number of hydrazone groups is 1. The number of amides is 2. The van der Waals surface area contributed by atoms with E-state index in [1.807, 2.05) is 22.6 Å². The number of carbonyl (C=O) groups excluding carboxylic acids is 2. The highest BCUT2D eigenvalue weighted by molar-refractivity contribution is 14.1. The molecular weight excluding hydrogens is 365 g/mol. The van der Waals surface area contributed by atoms with Crippen molar-refractivity contribution in [3.05, 3.63) is 21.3 Å². The summed E-state index contributed by atoms with van der Waals surface area (Å²) in [5.74, 6) is 0.297. The van der Waals surface area contributed by atoms with Crippen LogP contribution in [-0.2, 0) is 4.79 Å². The number of hydrogen-bond donors (Lipinski definition) is 2. The zero-order valence-electron chi connectivity index (χ0n) is 10.3. The van der Waals surface area contributed by atoms with Crippen LogP contribution in [0.4, 0.5) is 4.79 Å². The van der Waals surface area contributed by atoms with Gasteiger partial charge in [-0.25, -0.2) is 10.2 Å². The highest BCUT2D eigenvalue weighted by atomic mass is 127. The maximum atomic E-state index is 11.0. The van der Waals surface area contributed by atoms with Gasteiger partial charge in [0.2, 0.25) is 0 Å². The van der Waals surface area contributed by atoms with Crippen LogP contribution in [0.2, 0.25) is 0 Å². The van der Waals surface area contributed by atoms with Gasteiger partial charge in [0.05, 0.1) is 16.9 Å². The normalized spacial score (nSPS) is 10.3. The summed E-state index contributed by atoms with van der Waals surface area (Å²) in [5, 5.41) is 3.63. The van der Waals surface area contributed by atoms with Gasteiger partial charge in [-0.15, -0.1) is 0 Å². The summed E-state index contributed by atoms with van der Waals surface area (Å²) in [6.45, 7) is 1.31. The number of halogens is 1. The van der Waals surface area contributed by atoms with E-state index < -0.39 is 12.0 Å². The first-order valence-electron chi connectivity index (χ1n) is 5.08. The van der Waals surface area contributed by atoms with E-state index in [-0.39, 0.29) is 0 Å². The zero-order valence-corrected chi connectivity index (χ0v) is 12.4. The number of methoxy groups -OCH3 is 1. The van der Waals surface area contributed by atoms with Crippen LogP contribution in [0.1, 0.15) is 12.5 Å². The maximum Gasteiger partial charge on any atom is 0.332 e. The average Bonchev–Trinajstić information content (AvgIpc) is 2.31. The van der Waals surface area contributed by atoms with Crippen LogP contribution in [0.5, 0.6) is 11.5 Å². The number of primary amides is 1. The second kappa shape index (κ2) is 6.92. The highest BCUT2D eigenvalue weighted by Gasteiger charge is 2.12. The minimum Gasteiger partial charge on any atom is -0.493 e. The third kappa shape index (κ3) is 4.73. The number of benzene rings is 1. The standard InChI is InChI=1S/C11H12IN3O4/c1-6(16)19-10-8(12)3-7(4-9(10)18-2)5-14-15-11(13)17/h3-5H,1-2H3,(H3,13,15,17)/b14-5+. The fourth-order valence-corrected chi connectivity index (χ4v) is 1.96. The van der Waals surface area contributed by atoms with Crippen LogP contribution in [0, 0.1) is 3.57 Å². The summed E-state index contributed by atoms with van der Waals surface area (Å²) in [6.07, 6.45) is 1.40. The van der Waals surface area contributed by atoms with Crippen LogP contribution in [-0.4, -0.2) is 25.3 Å². The predicted octanol–water partition coefficient (Wildman–Crippen LogP) is 1.23. The maximum absolute atomic E-state index is 11.0. The number of nitrogens with two attached hydrogens (primary N) is 1. The number of urea groups is 1. The van der Waals surface area contributed by atoms with E-state index >= 15 is 0 Å². The summed E-state index contributed by atoms with van der Waals surface area (Å²) in [4.78, 5) is 21.5. The number of nitrogens with zero attached hydrogens (tertiary/aromatic N) is 1. The van der Waals surface area contributed by atoms with Gasteiger partial charge in [0.25, 0.3) is 0 Å². The van der Waals surface area contributed by atoms with Gasteiger partial charge in [-0.3, -0.25) is 4.79 Å². The molecule has 1 aromatic carbocycles. The van der Waals surface area contributed by atoms with E-state index in [1.54, 1.807) is 12.1 Å². The van der Waals surface area contributed by atoms with Crippen LogP contribution >= 0.6 is 22.6 Å². The molecule has 0 aliphatic rings. The van der Waals surface area contributed by atoms with Crippen molar-refractivity contribution in [3.8, 4) is 11.5 Å². The lowest BCUT2D eigenvalue weighted by Gasteiger charge is -2.10. The number of nitrogens with one attached hydrogen (secondary N) is 1. The van der Waals surface area contributed by atoms with Crippen LogP contribution in [0.25, 0.3) is 0 Å². The Morgan fingerprint density at radius 3 is 2.68 bits per heavy atom. The fourth-order valence-electron chi connectivity index (χ4n) is 1.23. The number of carbonyl (C=O) groups is 2. The largest absolute Gasteiger partial charge is 0.493 e. The van der Waals surface area contributed by atoms with Crippen molar-refractivity contribution in [2.24, 2.45) is 10.8 Å². The number of rotatable bonds is 4. The molecule has 0 unspecified atom stereocenters. The third-order valence-electron chi connectivity index (χ3n) is 1.89. The van der Waals surface area contributed by atoms with Gasteiger partial charge in [-0.05, 0) is 40.3 Å². The van der Waals surface area contributed by atoms with Crippen molar-refractivity contribution in [3.63, 3.8) is 0 Å². The molecule has 0 bridgehead atoms. The predicted molar refractivity (Wildman–Crippen MR) is 77.3 cm³/mol. The SMILES string of the molecule is COc1cc(/C=N/NC(N)=O)cc(I)c1OC(C)=O. The highest BCUT2D eigenvalue weighted by Crippen LogP contribution is 2.33. The molecule has 0 saturated heterocycles. The molecule has 0 aliphatic heterocycles. The van der Waals surface area contributed by atoms with Crippen LogP contribution in [0.3, 0.4) is 0 Å². The molecule has 0 atom stereocenters. The first kappa shape index (κ1) is 15.2. The summed E-state index contributed by atoms with van der Waals surface area (Å²) in [5.41, 5.74) is 7.61. The molecule has 0 spiro atoms. The molecule has 19 heavy (non-hydrogen) atoms. The molecule has 3 N–H and O–H groups in total. The molecule has 8 heteroatoms. The summed E-state index contributed by atoms with van der Waals surface area (Å²) >= 11 is 2.00. The average molecular weight is 377 g/mol. The Morgan fingerprint density at radius 1 is 1.47 bits per heavy atom. The Morgan fingerprint density at radius 2 is 2.16 bits per heavy atom. The Labute approximate surface area is 123 Å². The van der Waals surface area contributed by atoms with Gasteiger partial charge in [0.1, 0.15) is 0 Å². The lowest BCUT2D eigenvalue weighted by atomic mass is 10.2. The lowest BCUT2D eigenvalue weighted by Crippen LogP contribution is -2.24. The number of hydrogen-bond acceptors (Lipinski definition) is 5. The first-order chi connectivity index (χ1) is 8.93. The van der Waals surface area contributed by atoms with E-state index in [2.05, 4.69) is 10.5 Å². The number of ether oxygens (including phenoxy) is 2. The second-order valence-electron chi connectivity index (χ2n) is 3.36. The van der Waals surface area contributed by atoms with Crippen molar-refractivity contribution < 1.29 is 19.1 Å². The molecule has 1 aromatic rings. The van der Waals surface area contributed by atoms with E-state index in [0.717, 1.165) is 0 Å². The van der Waals surface area contributed by atoms with Crippen molar-refractivity contribution in [2.45, 2.75) is 6.92 Å². The Kier molecular flexibility index (Phi) is 5.55. The third-order valence-corrected chi connectivity index (χ3v) is 2.69. The Bertz CT molecular complexity index is 531. The lowest BCUT2D eigenvalue weighted by molar-refractivity contribution is -0.132. The topological polar surface area (TPSA) is 103 Å². The van der Waals surface area contributed by atoms with Crippen molar-refractivity contribution in [1.29, 1.82) is 0 Å². The van der Waals surface area contributed by atoms with Gasteiger partial charge >= 0.3 is 12.0 Å². The fraction of sp³-hybridized carbons (Fsp3) is 0.182. The van der Waals surface area contributed by atoms with E-state index in [4.69, 9.17) is 15.2 Å². The van der Waals surface area contributed by atoms with Gasteiger partial charge in [-0.2, -0.15) is 5.10 Å². The van der Waals surface area contributed by atoms with Gasteiger partial charge in [0.15, 0.2) is 11.5 Å². The molecular formula is C11H12IN3O4. The Balaban J connectivity index is 3.05. The summed E-state index contributed by atoms with van der Waals surface area (Å²) in [7, 11) is 1.46. The van der Waals surface area contributed by atoms with E-state index in [0.29, 0.717) is 20.6 Å². The first-order valence-corrected chi connectivity index (χ1v) is 6.16. The van der Waals surface area contributed by atoms with Crippen LogP contribution in [0.15, 0.2) is 17.2 Å². The molecule has 0 heterocycles. The second-order valence-corrected chi connectivity index (χ2v) is 4.52. The minimum atomic E-state index is -0.755. The molecule has 0 aliphatic carbocycles. The van der Waals surface area contributed by atoms with Crippen molar-refractivity contribution in [2.75, 3.05) is 7.11 Å². The summed E-state index contributed by atoms with van der Waals surface area (Å²) in [6, 6.07) is 2.58. The van der Waals surface area contributed by atoms with Crippen LogP contribution < -0.4 is 20.6 Å². The molecule has 102 valence electrons. The van der Waals surface area contributed by atoms with Crippen molar-refractivity contribution >= 4 is 40.8 Å². The zero-order chi connectivity index (χ0) is 14.4. The molecule has 2 amide bonds. The van der Waals surface area contributed by atoms with E-state index in [1.165, 1.54) is 20.2 Å². The molecule has 7 nitrogen and oxygen atoms in total. The minimum absolute atomic E-state index is 0.343.